The molecule has 3 nitrogen and oxygen atoms in total. The SMILES string of the molecule is CN(C)c1ncc(C#CCBr)cn1. The van der Waals surface area contributed by atoms with Crippen LogP contribution in [-0.4, -0.2) is 29.4 Å². The zero-order chi connectivity index (χ0) is 9.68. The Kier molecular flexibility index (Phi) is 3.71. The molecule has 0 aliphatic heterocycles. The van der Waals surface area contributed by atoms with Gasteiger partial charge in [-0.3, -0.25) is 0 Å². The molecule has 0 saturated carbocycles. The first-order valence-corrected chi connectivity index (χ1v) is 4.90. The molecule has 1 rings (SSSR count). The van der Waals surface area contributed by atoms with E-state index in [0.717, 1.165) is 5.56 Å². The summed E-state index contributed by atoms with van der Waals surface area (Å²) in [6.45, 7) is 0. The topological polar surface area (TPSA) is 29.0 Å². The van der Waals surface area contributed by atoms with Crippen LogP contribution in [0.3, 0.4) is 0 Å². The van der Waals surface area contributed by atoms with E-state index in [2.05, 4.69) is 37.7 Å². The first kappa shape index (κ1) is 10.0. The summed E-state index contributed by atoms with van der Waals surface area (Å²) < 4.78 is 0. The Morgan fingerprint density at radius 1 is 1.38 bits per heavy atom. The van der Waals surface area contributed by atoms with Crippen molar-refractivity contribution in [2.45, 2.75) is 0 Å². The molecular formula is C9H10BrN3. The van der Waals surface area contributed by atoms with Gasteiger partial charge in [0.25, 0.3) is 0 Å². The van der Waals surface area contributed by atoms with Gasteiger partial charge < -0.3 is 4.90 Å². The molecule has 0 amide bonds. The molecule has 68 valence electrons. The van der Waals surface area contributed by atoms with Crippen molar-refractivity contribution >= 4 is 21.9 Å². The van der Waals surface area contributed by atoms with Crippen molar-refractivity contribution in [3.8, 4) is 11.8 Å². The molecule has 4 heteroatoms. The van der Waals surface area contributed by atoms with Crippen molar-refractivity contribution < 1.29 is 0 Å². The van der Waals surface area contributed by atoms with Gasteiger partial charge in [-0.2, -0.15) is 0 Å². The number of halogens is 1. The van der Waals surface area contributed by atoms with Crippen LogP contribution in [0.25, 0.3) is 0 Å². The molecule has 0 aliphatic rings. The van der Waals surface area contributed by atoms with Gasteiger partial charge in [0.15, 0.2) is 0 Å². The van der Waals surface area contributed by atoms with Gasteiger partial charge >= 0.3 is 0 Å². The highest BCUT2D eigenvalue weighted by Gasteiger charge is 1.96. The molecule has 0 bridgehead atoms. The van der Waals surface area contributed by atoms with Crippen LogP contribution in [0.15, 0.2) is 12.4 Å². The normalized spacial score (nSPS) is 8.85. The average molecular weight is 240 g/mol. The molecule has 0 saturated heterocycles. The number of rotatable bonds is 1. The fourth-order valence-electron chi connectivity index (χ4n) is 0.752. The van der Waals surface area contributed by atoms with Gasteiger partial charge in [-0.15, -0.1) is 0 Å². The van der Waals surface area contributed by atoms with E-state index < -0.39 is 0 Å². The summed E-state index contributed by atoms with van der Waals surface area (Å²) in [4.78, 5) is 10.1. The highest BCUT2D eigenvalue weighted by atomic mass is 79.9. The van der Waals surface area contributed by atoms with E-state index in [0.29, 0.717) is 11.3 Å². The number of anilines is 1. The first-order chi connectivity index (χ1) is 6.24. The van der Waals surface area contributed by atoms with Gasteiger partial charge in [0.1, 0.15) is 0 Å². The summed E-state index contributed by atoms with van der Waals surface area (Å²) in [6.07, 6.45) is 3.44. The predicted octanol–water partition coefficient (Wildman–Crippen LogP) is 1.29. The van der Waals surface area contributed by atoms with Crippen LogP contribution in [0.5, 0.6) is 0 Å². The number of aromatic nitrogens is 2. The number of hydrogen-bond acceptors (Lipinski definition) is 3. The van der Waals surface area contributed by atoms with Crippen molar-refractivity contribution in [2.75, 3.05) is 24.3 Å². The van der Waals surface area contributed by atoms with E-state index in [1.165, 1.54) is 0 Å². The van der Waals surface area contributed by atoms with Crippen LogP contribution in [0.2, 0.25) is 0 Å². The third-order valence-electron chi connectivity index (χ3n) is 1.34. The second-order valence-corrected chi connectivity index (χ2v) is 3.16. The molecule has 0 aromatic carbocycles. The van der Waals surface area contributed by atoms with Crippen LogP contribution in [-0.2, 0) is 0 Å². The van der Waals surface area contributed by atoms with Crippen LogP contribution in [0, 0.1) is 11.8 Å². The van der Waals surface area contributed by atoms with Crippen molar-refractivity contribution in [3.05, 3.63) is 18.0 Å². The minimum Gasteiger partial charge on any atom is -0.347 e. The molecule has 13 heavy (non-hydrogen) atoms. The Morgan fingerprint density at radius 3 is 2.46 bits per heavy atom. The maximum atomic E-state index is 4.13. The Labute approximate surface area is 86.3 Å². The molecule has 0 atom stereocenters. The molecule has 1 heterocycles. The highest BCUT2D eigenvalue weighted by Crippen LogP contribution is 2.01. The van der Waals surface area contributed by atoms with E-state index in [9.17, 15) is 0 Å². The lowest BCUT2D eigenvalue weighted by atomic mass is 10.3. The molecular weight excluding hydrogens is 230 g/mol. The molecule has 1 aromatic heterocycles. The van der Waals surface area contributed by atoms with Crippen molar-refractivity contribution in [3.63, 3.8) is 0 Å². The molecule has 0 radical (unpaired) electrons. The predicted molar refractivity (Wildman–Crippen MR) is 57.0 cm³/mol. The summed E-state index contributed by atoms with van der Waals surface area (Å²) in [7, 11) is 3.80. The number of nitrogens with zero attached hydrogens (tertiary/aromatic N) is 3. The summed E-state index contributed by atoms with van der Waals surface area (Å²) in [5.74, 6) is 6.50. The summed E-state index contributed by atoms with van der Waals surface area (Å²) in [5, 5.41) is 0.669. The van der Waals surface area contributed by atoms with Gasteiger partial charge in [0, 0.05) is 26.5 Å². The van der Waals surface area contributed by atoms with Crippen molar-refractivity contribution in [2.24, 2.45) is 0 Å². The minimum absolute atomic E-state index is 0.669. The third kappa shape index (κ3) is 3.03. The minimum atomic E-state index is 0.669. The first-order valence-electron chi connectivity index (χ1n) is 3.78. The van der Waals surface area contributed by atoms with Crippen LogP contribution in [0.1, 0.15) is 5.56 Å². The highest BCUT2D eigenvalue weighted by molar-refractivity contribution is 9.09. The van der Waals surface area contributed by atoms with Crippen LogP contribution >= 0.6 is 15.9 Å². The van der Waals surface area contributed by atoms with Gasteiger partial charge in [-0.25, -0.2) is 9.97 Å². The van der Waals surface area contributed by atoms with Crippen molar-refractivity contribution in [1.82, 2.24) is 9.97 Å². The van der Waals surface area contributed by atoms with E-state index >= 15 is 0 Å². The second-order valence-electron chi connectivity index (χ2n) is 2.60. The number of hydrogen-bond donors (Lipinski definition) is 0. The van der Waals surface area contributed by atoms with Gasteiger partial charge in [-0.1, -0.05) is 27.8 Å². The molecule has 1 aromatic rings. The maximum Gasteiger partial charge on any atom is 0.224 e. The lowest BCUT2D eigenvalue weighted by Crippen LogP contribution is -2.12. The quantitative estimate of drug-likeness (QED) is 0.547. The summed E-state index contributed by atoms with van der Waals surface area (Å²) in [5.41, 5.74) is 0.838. The van der Waals surface area contributed by atoms with Gasteiger partial charge in [-0.05, 0) is 0 Å². The molecule has 0 fully saturated rings. The molecule has 0 aliphatic carbocycles. The van der Waals surface area contributed by atoms with E-state index in [1.54, 1.807) is 12.4 Å². The monoisotopic (exact) mass is 239 g/mol. The Morgan fingerprint density at radius 2 is 2.00 bits per heavy atom. The Balaban J connectivity index is 2.81. The smallest absolute Gasteiger partial charge is 0.224 e. The van der Waals surface area contributed by atoms with E-state index in [-0.39, 0.29) is 0 Å². The summed E-state index contributed by atoms with van der Waals surface area (Å²) in [6, 6.07) is 0. The van der Waals surface area contributed by atoms with Gasteiger partial charge in [0.2, 0.25) is 5.95 Å². The lowest BCUT2D eigenvalue weighted by Gasteiger charge is -2.07. The second kappa shape index (κ2) is 4.83. The van der Waals surface area contributed by atoms with E-state index in [1.807, 2.05) is 19.0 Å². The van der Waals surface area contributed by atoms with Crippen molar-refractivity contribution in [1.29, 1.82) is 0 Å². The van der Waals surface area contributed by atoms with E-state index in [4.69, 9.17) is 0 Å². The summed E-state index contributed by atoms with van der Waals surface area (Å²) >= 11 is 3.22. The molecule has 0 unspecified atom stereocenters. The number of alkyl halides is 1. The largest absolute Gasteiger partial charge is 0.347 e. The van der Waals surface area contributed by atoms with Crippen LogP contribution < -0.4 is 4.90 Å². The zero-order valence-corrected chi connectivity index (χ0v) is 9.17. The molecule has 0 spiro atoms. The zero-order valence-electron chi connectivity index (χ0n) is 7.58. The lowest BCUT2D eigenvalue weighted by molar-refractivity contribution is 0.995. The Bertz CT molecular complexity index is 321. The fourth-order valence-corrected chi connectivity index (χ4v) is 0.892. The van der Waals surface area contributed by atoms with Crippen LogP contribution in [0.4, 0.5) is 5.95 Å². The average Bonchev–Trinajstić information content (AvgIpc) is 2.15. The maximum absolute atomic E-state index is 4.13. The Hall–Kier alpha value is -1.08. The standard InChI is InChI=1S/C9H10BrN3/c1-13(2)9-11-6-8(7-12-9)4-3-5-10/h6-7H,5H2,1-2H3. The fraction of sp³-hybridized carbons (Fsp3) is 0.333. The third-order valence-corrected chi connectivity index (χ3v) is 1.62. The molecule has 0 N–H and O–H groups in total. The van der Waals surface area contributed by atoms with Gasteiger partial charge in [0.05, 0.1) is 10.9 Å².